The number of carbonyl (C=O) groups excluding carboxylic acids is 1. The summed E-state index contributed by atoms with van der Waals surface area (Å²) in [4.78, 5) is 14.9. The normalized spacial score (nSPS) is 19.0. The van der Waals surface area contributed by atoms with Gasteiger partial charge in [0.2, 0.25) is 0 Å². The van der Waals surface area contributed by atoms with Crippen LogP contribution in [-0.2, 0) is 6.54 Å². The maximum atomic E-state index is 12.8. The maximum Gasteiger partial charge on any atom is 0.257 e. The van der Waals surface area contributed by atoms with Crippen molar-refractivity contribution in [2.24, 2.45) is 5.73 Å². The minimum Gasteiger partial charge on any atom is -0.336 e. The zero-order valence-corrected chi connectivity index (χ0v) is 13.3. The first kappa shape index (κ1) is 16.0. The Morgan fingerprint density at radius 1 is 1.48 bits per heavy atom. The van der Waals surface area contributed by atoms with Crippen molar-refractivity contribution in [3.05, 3.63) is 17.5 Å². The van der Waals surface area contributed by atoms with E-state index in [0.717, 1.165) is 56.5 Å². The predicted molar refractivity (Wildman–Crippen MR) is 84.2 cm³/mol. The molecule has 0 aliphatic carbocycles. The van der Waals surface area contributed by atoms with Crippen molar-refractivity contribution >= 4 is 5.91 Å². The molecular formula is C16H28N4O. The molecule has 0 radical (unpaired) electrons. The second kappa shape index (κ2) is 7.59. The molecule has 1 aliphatic heterocycles. The molecule has 2 N–H and O–H groups in total. The standard InChI is InChI=1S/C16H28N4O/c1-3-7-14-8-4-5-10-19(14)16(21)15-12-18-20(13(15)2)11-6-9-17/h12,14H,3-11,17H2,1-2H3. The van der Waals surface area contributed by atoms with Crippen LogP contribution in [0.3, 0.4) is 0 Å². The molecule has 1 fully saturated rings. The number of rotatable bonds is 6. The zero-order chi connectivity index (χ0) is 15.2. The van der Waals surface area contributed by atoms with Crippen molar-refractivity contribution in [3.63, 3.8) is 0 Å². The van der Waals surface area contributed by atoms with Gasteiger partial charge in [0.05, 0.1) is 11.8 Å². The maximum absolute atomic E-state index is 12.8. The molecule has 1 saturated heterocycles. The van der Waals surface area contributed by atoms with Gasteiger partial charge in [0.1, 0.15) is 0 Å². The highest BCUT2D eigenvalue weighted by molar-refractivity contribution is 5.95. The molecule has 1 aromatic rings. The van der Waals surface area contributed by atoms with E-state index in [0.29, 0.717) is 12.6 Å². The average molecular weight is 292 g/mol. The van der Waals surface area contributed by atoms with E-state index in [1.54, 1.807) is 6.20 Å². The Bertz CT molecular complexity index is 467. The van der Waals surface area contributed by atoms with Crippen molar-refractivity contribution in [2.45, 2.75) is 65.0 Å². The predicted octanol–water partition coefficient (Wildman–Crippen LogP) is 2.34. The molecule has 0 aromatic carbocycles. The third-order valence-corrected chi connectivity index (χ3v) is 4.42. The lowest BCUT2D eigenvalue weighted by Gasteiger charge is -2.35. The van der Waals surface area contributed by atoms with Gasteiger partial charge in [-0.05, 0) is 45.6 Å². The van der Waals surface area contributed by atoms with Crippen LogP contribution in [0.1, 0.15) is 61.5 Å². The Kier molecular flexibility index (Phi) is 5.79. The molecule has 0 saturated carbocycles. The summed E-state index contributed by atoms with van der Waals surface area (Å²) in [7, 11) is 0. The van der Waals surface area contributed by atoms with Crippen LogP contribution in [-0.4, -0.2) is 39.7 Å². The van der Waals surface area contributed by atoms with Gasteiger partial charge >= 0.3 is 0 Å². The molecule has 5 nitrogen and oxygen atoms in total. The molecule has 0 bridgehead atoms. The van der Waals surface area contributed by atoms with E-state index in [4.69, 9.17) is 5.73 Å². The molecule has 1 unspecified atom stereocenters. The molecule has 1 atom stereocenters. The van der Waals surface area contributed by atoms with Crippen LogP contribution in [0.2, 0.25) is 0 Å². The van der Waals surface area contributed by atoms with Crippen molar-refractivity contribution in [1.29, 1.82) is 0 Å². The molecule has 1 amide bonds. The number of aryl methyl sites for hydroxylation is 1. The number of nitrogens with two attached hydrogens (primary N) is 1. The largest absolute Gasteiger partial charge is 0.336 e. The number of hydrogen-bond acceptors (Lipinski definition) is 3. The number of likely N-dealkylation sites (tertiary alicyclic amines) is 1. The van der Waals surface area contributed by atoms with Gasteiger partial charge < -0.3 is 10.6 Å². The summed E-state index contributed by atoms with van der Waals surface area (Å²) in [5.74, 6) is 0.157. The third-order valence-electron chi connectivity index (χ3n) is 4.42. The number of carbonyl (C=O) groups is 1. The van der Waals surface area contributed by atoms with E-state index in [9.17, 15) is 4.79 Å². The van der Waals surface area contributed by atoms with Crippen molar-refractivity contribution in [2.75, 3.05) is 13.1 Å². The lowest BCUT2D eigenvalue weighted by Crippen LogP contribution is -2.43. The van der Waals surface area contributed by atoms with Crippen LogP contribution in [0.5, 0.6) is 0 Å². The number of nitrogens with zero attached hydrogens (tertiary/aromatic N) is 3. The monoisotopic (exact) mass is 292 g/mol. The third kappa shape index (κ3) is 3.64. The highest BCUT2D eigenvalue weighted by Gasteiger charge is 2.28. The highest BCUT2D eigenvalue weighted by Crippen LogP contribution is 2.23. The smallest absolute Gasteiger partial charge is 0.257 e. The lowest BCUT2D eigenvalue weighted by atomic mass is 9.97. The number of hydrogen-bond donors (Lipinski definition) is 1. The van der Waals surface area contributed by atoms with Crippen molar-refractivity contribution < 1.29 is 4.79 Å². The van der Waals surface area contributed by atoms with Gasteiger partial charge in [0.25, 0.3) is 5.91 Å². The molecule has 2 rings (SSSR count). The second-order valence-electron chi connectivity index (χ2n) is 5.95. The summed E-state index contributed by atoms with van der Waals surface area (Å²) >= 11 is 0. The van der Waals surface area contributed by atoms with Gasteiger partial charge in [0.15, 0.2) is 0 Å². The number of aromatic nitrogens is 2. The van der Waals surface area contributed by atoms with Crippen LogP contribution >= 0.6 is 0 Å². The Balaban J connectivity index is 2.12. The van der Waals surface area contributed by atoms with E-state index in [1.807, 2.05) is 11.6 Å². The summed E-state index contributed by atoms with van der Waals surface area (Å²) in [5.41, 5.74) is 7.27. The van der Waals surface area contributed by atoms with Gasteiger partial charge in [-0.3, -0.25) is 9.48 Å². The SMILES string of the molecule is CCCC1CCCCN1C(=O)c1cnn(CCCN)c1C. The summed E-state index contributed by atoms with van der Waals surface area (Å²) < 4.78 is 1.90. The van der Waals surface area contributed by atoms with Crippen LogP contribution in [0.15, 0.2) is 6.20 Å². The number of amides is 1. The number of piperidine rings is 1. The molecular weight excluding hydrogens is 264 g/mol. The Labute approximate surface area is 127 Å². The first-order valence-electron chi connectivity index (χ1n) is 8.22. The molecule has 1 aromatic heterocycles. The molecule has 5 heteroatoms. The zero-order valence-electron chi connectivity index (χ0n) is 13.3. The molecule has 118 valence electrons. The highest BCUT2D eigenvalue weighted by atomic mass is 16.2. The van der Waals surface area contributed by atoms with E-state index < -0.39 is 0 Å². The Hall–Kier alpha value is -1.36. The van der Waals surface area contributed by atoms with Gasteiger partial charge in [-0.1, -0.05) is 13.3 Å². The Morgan fingerprint density at radius 3 is 3.00 bits per heavy atom. The first-order chi connectivity index (χ1) is 10.2. The van der Waals surface area contributed by atoms with Crippen molar-refractivity contribution in [1.82, 2.24) is 14.7 Å². The van der Waals surface area contributed by atoms with Gasteiger partial charge in [-0.15, -0.1) is 0 Å². The fourth-order valence-corrected chi connectivity index (χ4v) is 3.18. The molecule has 0 spiro atoms. The minimum absolute atomic E-state index is 0.157. The molecule has 1 aliphatic rings. The second-order valence-corrected chi connectivity index (χ2v) is 5.95. The summed E-state index contributed by atoms with van der Waals surface area (Å²) in [6.45, 7) is 6.49. The summed E-state index contributed by atoms with van der Waals surface area (Å²) in [6, 6.07) is 0.406. The quantitative estimate of drug-likeness (QED) is 0.875. The summed E-state index contributed by atoms with van der Waals surface area (Å²) in [5, 5.41) is 4.35. The Morgan fingerprint density at radius 2 is 2.29 bits per heavy atom. The summed E-state index contributed by atoms with van der Waals surface area (Å²) in [6.07, 6.45) is 8.34. The van der Waals surface area contributed by atoms with E-state index >= 15 is 0 Å². The fraction of sp³-hybridized carbons (Fsp3) is 0.750. The van der Waals surface area contributed by atoms with E-state index in [-0.39, 0.29) is 5.91 Å². The van der Waals surface area contributed by atoms with Gasteiger partial charge in [-0.25, -0.2) is 0 Å². The van der Waals surface area contributed by atoms with Crippen LogP contribution in [0.4, 0.5) is 0 Å². The van der Waals surface area contributed by atoms with E-state index in [1.165, 1.54) is 6.42 Å². The van der Waals surface area contributed by atoms with Gasteiger partial charge in [-0.2, -0.15) is 5.10 Å². The van der Waals surface area contributed by atoms with Crippen LogP contribution < -0.4 is 5.73 Å². The average Bonchev–Trinajstić information content (AvgIpc) is 2.86. The van der Waals surface area contributed by atoms with Gasteiger partial charge in [0, 0.05) is 24.8 Å². The van der Waals surface area contributed by atoms with Crippen LogP contribution in [0.25, 0.3) is 0 Å². The first-order valence-corrected chi connectivity index (χ1v) is 8.22. The van der Waals surface area contributed by atoms with E-state index in [2.05, 4.69) is 16.9 Å². The fourth-order valence-electron chi connectivity index (χ4n) is 3.18. The van der Waals surface area contributed by atoms with Crippen molar-refractivity contribution in [3.8, 4) is 0 Å². The molecule has 21 heavy (non-hydrogen) atoms. The molecule has 2 heterocycles. The lowest BCUT2D eigenvalue weighted by molar-refractivity contribution is 0.0599. The topological polar surface area (TPSA) is 64.2 Å². The van der Waals surface area contributed by atoms with Crippen LogP contribution in [0, 0.1) is 6.92 Å². The minimum atomic E-state index is 0.157.